The van der Waals surface area contributed by atoms with Crippen molar-refractivity contribution in [1.29, 1.82) is 0 Å². The maximum absolute atomic E-state index is 12.9. The van der Waals surface area contributed by atoms with Gasteiger partial charge in [-0.25, -0.2) is 4.79 Å². The summed E-state index contributed by atoms with van der Waals surface area (Å²) in [7, 11) is 0. The molecule has 2 aliphatic rings. The molecule has 0 bridgehead atoms. The number of hydrogen-bond acceptors (Lipinski definition) is 5. The monoisotopic (exact) mass is 450 g/mol. The third-order valence-corrected chi connectivity index (χ3v) is 6.41. The van der Waals surface area contributed by atoms with Gasteiger partial charge in [-0.05, 0) is 30.2 Å². The van der Waals surface area contributed by atoms with Gasteiger partial charge < -0.3 is 14.5 Å². The van der Waals surface area contributed by atoms with E-state index >= 15 is 0 Å². The highest BCUT2D eigenvalue weighted by Crippen LogP contribution is 2.14. The van der Waals surface area contributed by atoms with Crippen molar-refractivity contribution in [2.75, 3.05) is 59.0 Å². The molecule has 0 radical (unpaired) electrons. The summed E-state index contributed by atoms with van der Waals surface area (Å²) in [5.74, 6) is 0.0274. The van der Waals surface area contributed by atoms with Gasteiger partial charge in [-0.1, -0.05) is 42.5 Å². The van der Waals surface area contributed by atoms with Gasteiger partial charge in [-0.3, -0.25) is 14.6 Å². The summed E-state index contributed by atoms with van der Waals surface area (Å²) in [6, 6.07) is 18.6. The summed E-state index contributed by atoms with van der Waals surface area (Å²) >= 11 is 0. The summed E-state index contributed by atoms with van der Waals surface area (Å²) in [6.07, 6.45) is -0.296. The lowest BCUT2D eigenvalue weighted by Crippen LogP contribution is -2.50. The highest BCUT2D eigenvalue weighted by molar-refractivity contribution is 5.94. The van der Waals surface area contributed by atoms with Crippen LogP contribution in [0, 0.1) is 0 Å². The molecule has 0 unspecified atom stereocenters. The molecule has 2 saturated heterocycles. The Kier molecular flexibility index (Phi) is 7.96. The molecule has 0 atom stereocenters. The SMILES string of the molecule is CCOC(=O)N1CCN(C(=O)c2ccc(CN3CCN(Cc4ccccc4)CC3)cc2)CC1. The van der Waals surface area contributed by atoms with Crippen LogP contribution >= 0.6 is 0 Å². The van der Waals surface area contributed by atoms with Crippen LogP contribution in [0.5, 0.6) is 0 Å². The zero-order chi connectivity index (χ0) is 23.0. The fourth-order valence-corrected chi connectivity index (χ4v) is 4.45. The number of benzene rings is 2. The Bertz CT molecular complexity index is 903. The van der Waals surface area contributed by atoms with E-state index in [0.717, 1.165) is 39.3 Å². The van der Waals surface area contributed by atoms with Crippen LogP contribution in [0.25, 0.3) is 0 Å². The van der Waals surface area contributed by atoms with Crippen molar-refractivity contribution in [3.8, 4) is 0 Å². The molecule has 33 heavy (non-hydrogen) atoms. The highest BCUT2D eigenvalue weighted by Gasteiger charge is 2.25. The molecule has 0 aliphatic carbocycles. The molecule has 2 heterocycles. The summed E-state index contributed by atoms with van der Waals surface area (Å²) in [4.78, 5) is 33.2. The van der Waals surface area contributed by atoms with Crippen molar-refractivity contribution < 1.29 is 14.3 Å². The maximum atomic E-state index is 12.9. The summed E-state index contributed by atoms with van der Waals surface area (Å²) in [5.41, 5.74) is 3.31. The van der Waals surface area contributed by atoms with E-state index in [1.54, 1.807) is 11.8 Å². The Labute approximate surface area is 196 Å². The fraction of sp³-hybridized carbons (Fsp3) is 0.462. The van der Waals surface area contributed by atoms with Crippen LogP contribution in [-0.2, 0) is 17.8 Å². The lowest BCUT2D eigenvalue weighted by atomic mass is 10.1. The van der Waals surface area contributed by atoms with Gasteiger partial charge in [0, 0.05) is 71.0 Å². The highest BCUT2D eigenvalue weighted by atomic mass is 16.6. The lowest BCUT2D eigenvalue weighted by Gasteiger charge is -2.35. The molecule has 0 spiro atoms. The van der Waals surface area contributed by atoms with E-state index in [9.17, 15) is 9.59 Å². The standard InChI is InChI=1S/C26H34N4O3/c1-2-33-26(32)30-18-16-29(17-19-30)25(31)24-10-8-23(9-11-24)21-28-14-12-27(13-15-28)20-22-6-4-3-5-7-22/h3-11H,2,12-21H2,1H3. The predicted octanol–water partition coefficient (Wildman–Crippen LogP) is 2.92. The molecule has 7 nitrogen and oxygen atoms in total. The number of nitrogens with zero attached hydrogens (tertiary/aromatic N) is 4. The topological polar surface area (TPSA) is 56.3 Å². The zero-order valence-corrected chi connectivity index (χ0v) is 19.5. The first-order valence-electron chi connectivity index (χ1n) is 11.9. The van der Waals surface area contributed by atoms with E-state index in [1.807, 2.05) is 17.0 Å². The van der Waals surface area contributed by atoms with Gasteiger partial charge >= 0.3 is 6.09 Å². The van der Waals surface area contributed by atoms with Crippen molar-refractivity contribution in [2.45, 2.75) is 20.0 Å². The maximum Gasteiger partial charge on any atom is 0.409 e. The number of carbonyl (C=O) groups is 2. The Morgan fingerprint density at radius 3 is 1.76 bits per heavy atom. The average molecular weight is 451 g/mol. The Hall–Kier alpha value is -2.90. The Morgan fingerprint density at radius 2 is 1.21 bits per heavy atom. The summed E-state index contributed by atoms with van der Waals surface area (Å²) in [5, 5.41) is 0. The van der Waals surface area contributed by atoms with Crippen LogP contribution < -0.4 is 0 Å². The van der Waals surface area contributed by atoms with E-state index in [4.69, 9.17) is 4.74 Å². The molecular formula is C26H34N4O3. The van der Waals surface area contributed by atoms with Crippen LogP contribution in [0.4, 0.5) is 4.79 Å². The third-order valence-electron chi connectivity index (χ3n) is 6.41. The van der Waals surface area contributed by atoms with E-state index in [0.29, 0.717) is 38.3 Å². The second-order valence-electron chi connectivity index (χ2n) is 8.71. The van der Waals surface area contributed by atoms with Crippen LogP contribution in [-0.4, -0.2) is 90.6 Å². The third kappa shape index (κ3) is 6.33. The Morgan fingerprint density at radius 1 is 0.697 bits per heavy atom. The number of piperazine rings is 2. The summed E-state index contributed by atoms with van der Waals surface area (Å²) in [6.45, 7) is 10.4. The molecule has 2 fully saturated rings. The molecule has 2 aliphatic heterocycles. The van der Waals surface area contributed by atoms with Crippen LogP contribution in [0.3, 0.4) is 0 Å². The van der Waals surface area contributed by atoms with E-state index in [2.05, 4.69) is 52.3 Å². The van der Waals surface area contributed by atoms with Crippen molar-refractivity contribution in [3.63, 3.8) is 0 Å². The minimum Gasteiger partial charge on any atom is -0.450 e. The van der Waals surface area contributed by atoms with Gasteiger partial charge in [-0.15, -0.1) is 0 Å². The molecule has 2 aromatic carbocycles. The number of ether oxygens (including phenoxy) is 1. The fourth-order valence-electron chi connectivity index (χ4n) is 4.45. The number of rotatable bonds is 6. The van der Waals surface area contributed by atoms with Crippen molar-refractivity contribution >= 4 is 12.0 Å². The number of amides is 2. The molecule has 2 aromatic rings. The lowest BCUT2D eigenvalue weighted by molar-refractivity contribution is 0.0570. The van der Waals surface area contributed by atoms with Crippen LogP contribution in [0.2, 0.25) is 0 Å². The first-order chi connectivity index (χ1) is 16.1. The minimum absolute atomic E-state index is 0.0274. The molecule has 4 rings (SSSR count). The molecule has 0 N–H and O–H groups in total. The van der Waals surface area contributed by atoms with Gasteiger partial charge in [0.05, 0.1) is 6.61 Å². The quantitative estimate of drug-likeness (QED) is 0.677. The van der Waals surface area contributed by atoms with Gasteiger partial charge in [0.1, 0.15) is 0 Å². The van der Waals surface area contributed by atoms with Crippen molar-refractivity contribution in [1.82, 2.24) is 19.6 Å². The molecule has 0 saturated carbocycles. The Balaban J connectivity index is 1.22. The normalized spacial score (nSPS) is 17.7. The first kappa shape index (κ1) is 23.3. The zero-order valence-electron chi connectivity index (χ0n) is 19.5. The van der Waals surface area contributed by atoms with Crippen molar-refractivity contribution in [3.05, 3.63) is 71.3 Å². The average Bonchev–Trinajstić information content (AvgIpc) is 2.86. The van der Waals surface area contributed by atoms with Gasteiger partial charge in [0.2, 0.25) is 0 Å². The van der Waals surface area contributed by atoms with Gasteiger partial charge in [-0.2, -0.15) is 0 Å². The second kappa shape index (κ2) is 11.3. The van der Waals surface area contributed by atoms with E-state index in [1.165, 1.54) is 11.1 Å². The van der Waals surface area contributed by atoms with Gasteiger partial charge in [0.15, 0.2) is 0 Å². The van der Waals surface area contributed by atoms with Crippen molar-refractivity contribution in [2.24, 2.45) is 0 Å². The van der Waals surface area contributed by atoms with E-state index < -0.39 is 0 Å². The first-order valence-corrected chi connectivity index (χ1v) is 11.9. The van der Waals surface area contributed by atoms with Gasteiger partial charge in [0.25, 0.3) is 5.91 Å². The molecule has 176 valence electrons. The van der Waals surface area contributed by atoms with Crippen LogP contribution in [0.15, 0.2) is 54.6 Å². The summed E-state index contributed by atoms with van der Waals surface area (Å²) < 4.78 is 5.05. The molecule has 0 aromatic heterocycles. The second-order valence-corrected chi connectivity index (χ2v) is 8.71. The predicted molar refractivity (Wildman–Crippen MR) is 128 cm³/mol. The number of hydrogen-bond donors (Lipinski definition) is 0. The van der Waals surface area contributed by atoms with E-state index in [-0.39, 0.29) is 12.0 Å². The molecule has 2 amide bonds. The number of carbonyl (C=O) groups excluding carboxylic acids is 2. The molecule has 7 heteroatoms. The molecular weight excluding hydrogens is 416 g/mol. The minimum atomic E-state index is -0.296. The van der Waals surface area contributed by atoms with Crippen LogP contribution in [0.1, 0.15) is 28.4 Å². The largest absolute Gasteiger partial charge is 0.450 e. The smallest absolute Gasteiger partial charge is 0.409 e.